The number of nitrogens with zero attached hydrogens (tertiary/aromatic N) is 3. The summed E-state index contributed by atoms with van der Waals surface area (Å²) in [5, 5.41) is 2.08. The van der Waals surface area contributed by atoms with Crippen LogP contribution >= 0.6 is 23.2 Å². The molecule has 2 atom stereocenters. The number of pyridine rings is 1. The van der Waals surface area contributed by atoms with Gasteiger partial charge in [0.25, 0.3) is 0 Å². The van der Waals surface area contributed by atoms with E-state index in [2.05, 4.69) is 54.0 Å². The van der Waals surface area contributed by atoms with Gasteiger partial charge in [0, 0.05) is 44.5 Å². The third-order valence-electron chi connectivity index (χ3n) is 5.75. The normalized spacial score (nSPS) is 20.0. The molecular weight excluding hydrogens is 409 g/mol. The summed E-state index contributed by atoms with van der Waals surface area (Å²) in [6.07, 6.45) is 4.20. The Labute approximate surface area is 180 Å². The second-order valence-electron chi connectivity index (χ2n) is 9.42. The molecule has 2 aromatic rings. The van der Waals surface area contributed by atoms with Gasteiger partial charge in [-0.05, 0) is 44.3 Å². The largest absolute Gasteiger partial charge is 0.361 e. The number of halogens is 2. The van der Waals surface area contributed by atoms with E-state index in [1.54, 1.807) is 6.20 Å². The Balaban J connectivity index is 1.91. The van der Waals surface area contributed by atoms with E-state index in [4.69, 9.17) is 27.9 Å². The number of piperidine rings is 1. The Hall–Kier alpha value is -0.593. The molecule has 0 saturated carbocycles. The second kappa shape index (κ2) is 9.05. The Kier molecular flexibility index (Phi) is 7.14. The van der Waals surface area contributed by atoms with Gasteiger partial charge in [-0.15, -0.1) is 0 Å². The minimum Gasteiger partial charge on any atom is -0.361 e. The lowest BCUT2D eigenvalue weighted by atomic mass is 9.98. The van der Waals surface area contributed by atoms with E-state index in [0.717, 1.165) is 42.6 Å². The molecule has 0 aromatic carbocycles. The van der Waals surface area contributed by atoms with Crippen LogP contribution in [0.15, 0.2) is 12.3 Å². The van der Waals surface area contributed by atoms with Gasteiger partial charge >= 0.3 is 0 Å². The first-order valence-electron chi connectivity index (χ1n) is 10.3. The van der Waals surface area contributed by atoms with Gasteiger partial charge in [-0.2, -0.15) is 0 Å². The van der Waals surface area contributed by atoms with E-state index in [1.165, 1.54) is 18.5 Å². The first-order chi connectivity index (χ1) is 13.2. The van der Waals surface area contributed by atoms with Crippen molar-refractivity contribution in [3.8, 4) is 0 Å². The first-order valence-corrected chi connectivity index (χ1v) is 14.8. The SMILES string of the molecule is CC(c1cc2c(Cl)cnc(Cl)c2n1COCC[Si](C)(C)C)N1CCC[C@H](C)C1. The average Bonchev–Trinajstić information content (AvgIpc) is 3.01. The van der Waals surface area contributed by atoms with Gasteiger partial charge in [0.15, 0.2) is 5.15 Å². The summed E-state index contributed by atoms with van der Waals surface area (Å²) in [7, 11) is -1.12. The molecule has 7 heteroatoms. The minimum absolute atomic E-state index is 0.280. The minimum atomic E-state index is -1.12. The first kappa shape index (κ1) is 22.1. The third-order valence-corrected chi connectivity index (χ3v) is 8.04. The molecule has 0 aliphatic carbocycles. The highest BCUT2D eigenvalue weighted by atomic mass is 35.5. The number of hydrogen-bond donors (Lipinski definition) is 0. The molecule has 3 heterocycles. The highest BCUT2D eigenvalue weighted by molar-refractivity contribution is 6.76. The Morgan fingerprint density at radius 3 is 2.75 bits per heavy atom. The van der Waals surface area contributed by atoms with Gasteiger partial charge in [-0.1, -0.05) is 49.8 Å². The van der Waals surface area contributed by atoms with Crippen molar-refractivity contribution < 1.29 is 4.74 Å². The lowest BCUT2D eigenvalue weighted by Gasteiger charge is -2.36. The van der Waals surface area contributed by atoms with Crippen molar-refractivity contribution in [2.24, 2.45) is 5.92 Å². The van der Waals surface area contributed by atoms with Gasteiger partial charge < -0.3 is 9.30 Å². The summed E-state index contributed by atoms with van der Waals surface area (Å²) in [6.45, 7) is 15.2. The maximum absolute atomic E-state index is 6.49. The zero-order valence-corrected chi connectivity index (χ0v) is 20.3. The van der Waals surface area contributed by atoms with E-state index in [0.29, 0.717) is 16.9 Å². The molecule has 0 N–H and O–H groups in total. The molecule has 1 fully saturated rings. The van der Waals surface area contributed by atoms with Crippen molar-refractivity contribution in [3.63, 3.8) is 0 Å². The summed E-state index contributed by atoms with van der Waals surface area (Å²) in [6, 6.07) is 3.60. The van der Waals surface area contributed by atoms with E-state index in [1.807, 2.05) is 0 Å². The smallest absolute Gasteiger partial charge is 0.153 e. The molecule has 0 radical (unpaired) electrons. The molecule has 4 nitrogen and oxygen atoms in total. The summed E-state index contributed by atoms with van der Waals surface area (Å²) >= 11 is 13.0. The highest BCUT2D eigenvalue weighted by Crippen LogP contribution is 2.36. The van der Waals surface area contributed by atoms with Crippen LogP contribution in [-0.2, 0) is 11.5 Å². The standard InChI is InChI=1S/C21H33Cl2N3OSi/c1-15-7-6-8-25(13-15)16(2)19-11-17-18(22)12-24-21(23)20(17)26(19)14-27-9-10-28(3,4)5/h11-12,15-16H,6-10,13-14H2,1-5H3/t15-,16?/m0/s1. The van der Waals surface area contributed by atoms with Crippen molar-refractivity contribution in [3.05, 3.63) is 28.1 Å². The Bertz CT molecular complexity index is 818. The van der Waals surface area contributed by atoms with Crippen LogP contribution in [0.2, 0.25) is 35.9 Å². The number of hydrogen-bond acceptors (Lipinski definition) is 3. The van der Waals surface area contributed by atoms with Crippen LogP contribution in [0.4, 0.5) is 0 Å². The van der Waals surface area contributed by atoms with Gasteiger partial charge in [0.1, 0.15) is 6.73 Å². The predicted octanol–water partition coefficient (Wildman–Crippen LogP) is 6.45. The van der Waals surface area contributed by atoms with Gasteiger partial charge in [0.05, 0.1) is 10.5 Å². The quantitative estimate of drug-likeness (QED) is 0.281. The lowest BCUT2D eigenvalue weighted by Crippen LogP contribution is -2.37. The predicted molar refractivity (Wildman–Crippen MR) is 122 cm³/mol. The number of fused-ring (bicyclic) bond motifs is 1. The topological polar surface area (TPSA) is 30.3 Å². The average molecular weight is 443 g/mol. The highest BCUT2D eigenvalue weighted by Gasteiger charge is 2.26. The fourth-order valence-electron chi connectivity index (χ4n) is 4.00. The third kappa shape index (κ3) is 5.11. The van der Waals surface area contributed by atoms with E-state index in [-0.39, 0.29) is 6.04 Å². The zero-order chi connectivity index (χ0) is 20.5. The van der Waals surface area contributed by atoms with E-state index >= 15 is 0 Å². The lowest BCUT2D eigenvalue weighted by molar-refractivity contribution is 0.0800. The fraction of sp³-hybridized carbons (Fsp3) is 0.667. The van der Waals surface area contributed by atoms with Gasteiger partial charge in [0.2, 0.25) is 0 Å². The molecule has 156 valence electrons. The van der Waals surface area contributed by atoms with Crippen LogP contribution in [0.25, 0.3) is 10.9 Å². The van der Waals surface area contributed by atoms with Crippen LogP contribution in [0, 0.1) is 5.92 Å². The van der Waals surface area contributed by atoms with Crippen molar-refractivity contribution in [2.75, 3.05) is 19.7 Å². The molecule has 1 aliphatic rings. The summed E-state index contributed by atoms with van der Waals surface area (Å²) < 4.78 is 8.29. The molecule has 3 rings (SSSR count). The maximum Gasteiger partial charge on any atom is 0.153 e. The number of likely N-dealkylation sites (tertiary alicyclic amines) is 1. The summed E-state index contributed by atoms with van der Waals surface area (Å²) in [5.74, 6) is 0.732. The molecule has 2 aromatic heterocycles. The van der Waals surface area contributed by atoms with E-state index in [9.17, 15) is 0 Å². The molecule has 0 spiro atoms. The van der Waals surface area contributed by atoms with Crippen molar-refractivity contribution >= 4 is 42.2 Å². The van der Waals surface area contributed by atoms with Crippen LogP contribution in [-0.4, -0.2) is 42.2 Å². The zero-order valence-electron chi connectivity index (χ0n) is 17.8. The monoisotopic (exact) mass is 441 g/mol. The van der Waals surface area contributed by atoms with Crippen molar-refractivity contribution in [1.29, 1.82) is 0 Å². The fourth-order valence-corrected chi connectivity index (χ4v) is 5.20. The number of ether oxygens (including phenoxy) is 1. The molecule has 0 amide bonds. The second-order valence-corrected chi connectivity index (χ2v) is 15.8. The summed E-state index contributed by atoms with van der Waals surface area (Å²) in [4.78, 5) is 6.85. The van der Waals surface area contributed by atoms with Gasteiger partial charge in [-0.3, -0.25) is 4.90 Å². The van der Waals surface area contributed by atoms with Crippen LogP contribution in [0.1, 0.15) is 38.4 Å². The van der Waals surface area contributed by atoms with Crippen LogP contribution in [0.5, 0.6) is 0 Å². The van der Waals surface area contributed by atoms with Crippen LogP contribution < -0.4 is 0 Å². The molecule has 28 heavy (non-hydrogen) atoms. The Morgan fingerprint density at radius 2 is 2.07 bits per heavy atom. The molecule has 1 aliphatic heterocycles. The Morgan fingerprint density at radius 1 is 1.32 bits per heavy atom. The molecule has 0 bridgehead atoms. The summed E-state index contributed by atoms with van der Waals surface area (Å²) in [5.41, 5.74) is 2.09. The van der Waals surface area contributed by atoms with Crippen molar-refractivity contribution in [1.82, 2.24) is 14.5 Å². The van der Waals surface area contributed by atoms with Crippen molar-refractivity contribution in [2.45, 2.75) is 65.1 Å². The maximum atomic E-state index is 6.49. The van der Waals surface area contributed by atoms with E-state index < -0.39 is 8.07 Å². The van der Waals surface area contributed by atoms with Gasteiger partial charge in [-0.25, -0.2) is 4.98 Å². The number of rotatable bonds is 7. The number of aromatic nitrogens is 2. The molecular formula is C21H33Cl2N3OSi. The molecule has 1 saturated heterocycles. The van der Waals surface area contributed by atoms with Crippen LogP contribution in [0.3, 0.4) is 0 Å². The molecule has 1 unspecified atom stereocenters.